The Morgan fingerprint density at radius 2 is 1.73 bits per heavy atom. The second-order valence-corrected chi connectivity index (χ2v) is 8.30. The maximum Gasteiger partial charge on any atom is 0.338 e. The number of carbonyl (C=O) groups excluding carboxylic acids is 2. The molecule has 2 rings (SSSR count). The Bertz CT molecular complexity index is 954. The molecule has 0 aliphatic heterocycles. The quantitative estimate of drug-likeness (QED) is 0.555. The van der Waals surface area contributed by atoms with Gasteiger partial charge in [0.2, 0.25) is 15.8 Å². The van der Waals surface area contributed by atoms with Crippen LogP contribution in [0.1, 0.15) is 26.3 Å². The molecule has 0 unspecified atom stereocenters. The highest BCUT2D eigenvalue weighted by molar-refractivity contribution is 7.89. The number of ketones is 1. The number of carbonyl (C=O) groups is 2. The Morgan fingerprint density at radius 1 is 1.08 bits per heavy atom. The molecule has 0 spiro atoms. The highest BCUT2D eigenvalue weighted by atomic mass is 35.5. The number of benzene rings is 2. The van der Waals surface area contributed by atoms with Crippen molar-refractivity contribution in [3.8, 4) is 0 Å². The van der Waals surface area contributed by atoms with Gasteiger partial charge in [0.15, 0.2) is 6.61 Å². The van der Waals surface area contributed by atoms with E-state index in [0.717, 1.165) is 4.31 Å². The van der Waals surface area contributed by atoms with E-state index in [1.54, 1.807) is 25.1 Å². The zero-order valence-corrected chi connectivity index (χ0v) is 16.1. The summed E-state index contributed by atoms with van der Waals surface area (Å²) in [5.41, 5.74) is 0.875. The zero-order valence-electron chi connectivity index (χ0n) is 14.5. The van der Waals surface area contributed by atoms with Gasteiger partial charge >= 0.3 is 5.97 Å². The van der Waals surface area contributed by atoms with Crippen LogP contribution in [0.5, 0.6) is 0 Å². The summed E-state index contributed by atoms with van der Waals surface area (Å²) in [7, 11) is -0.892. The number of esters is 1. The average Bonchev–Trinajstić information content (AvgIpc) is 2.59. The van der Waals surface area contributed by atoms with Gasteiger partial charge in [-0.2, -0.15) is 0 Å². The lowest BCUT2D eigenvalue weighted by Gasteiger charge is -2.13. The molecule has 0 aliphatic carbocycles. The average molecular weight is 396 g/mol. The van der Waals surface area contributed by atoms with Crippen molar-refractivity contribution in [1.82, 2.24) is 4.31 Å². The van der Waals surface area contributed by atoms with Gasteiger partial charge in [0.25, 0.3) is 0 Å². The van der Waals surface area contributed by atoms with Gasteiger partial charge in [0.1, 0.15) is 0 Å². The van der Waals surface area contributed by atoms with Crippen molar-refractivity contribution in [2.45, 2.75) is 11.8 Å². The number of hydrogen-bond donors (Lipinski definition) is 0. The van der Waals surface area contributed by atoms with Crippen LogP contribution in [0.3, 0.4) is 0 Å². The van der Waals surface area contributed by atoms with Crippen LogP contribution >= 0.6 is 11.6 Å². The maximum atomic E-state index is 12.3. The monoisotopic (exact) mass is 395 g/mol. The molecule has 26 heavy (non-hydrogen) atoms. The van der Waals surface area contributed by atoms with Gasteiger partial charge in [-0.1, -0.05) is 29.8 Å². The van der Waals surface area contributed by atoms with Crippen molar-refractivity contribution in [3.05, 3.63) is 64.2 Å². The van der Waals surface area contributed by atoms with E-state index in [2.05, 4.69) is 0 Å². The molecule has 0 radical (unpaired) electrons. The van der Waals surface area contributed by atoms with Gasteiger partial charge < -0.3 is 4.74 Å². The van der Waals surface area contributed by atoms with E-state index in [-0.39, 0.29) is 21.0 Å². The SMILES string of the molecule is Cc1ccc(S(=O)(=O)N(C)C)cc1C(=O)OCC(=O)c1ccccc1Cl. The van der Waals surface area contributed by atoms with Crippen LogP contribution in [0.4, 0.5) is 0 Å². The lowest BCUT2D eigenvalue weighted by Crippen LogP contribution is -2.23. The van der Waals surface area contributed by atoms with Crippen LogP contribution in [0.2, 0.25) is 5.02 Å². The molecule has 138 valence electrons. The number of sulfonamides is 1. The molecular formula is C18H18ClNO5S. The first-order chi connectivity index (χ1) is 12.1. The topological polar surface area (TPSA) is 80.8 Å². The Balaban J connectivity index is 2.20. The number of ether oxygens (including phenoxy) is 1. The fraction of sp³-hybridized carbons (Fsp3) is 0.222. The predicted molar refractivity (Wildman–Crippen MR) is 98.1 cm³/mol. The van der Waals surface area contributed by atoms with Crippen LogP contribution in [0, 0.1) is 6.92 Å². The van der Waals surface area contributed by atoms with Crippen molar-refractivity contribution < 1.29 is 22.7 Å². The molecule has 0 aliphatic rings. The Morgan fingerprint density at radius 3 is 2.35 bits per heavy atom. The van der Waals surface area contributed by atoms with Gasteiger partial charge in [0.05, 0.1) is 15.5 Å². The highest BCUT2D eigenvalue weighted by Gasteiger charge is 2.21. The van der Waals surface area contributed by atoms with E-state index in [1.807, 2.05) is 0 Å². The van der Waals surface area contributed by atoms with Gasteiger partial charge in [-0.05, 0) is 36.8 Å². The summed E-state index contributed by atoms with van der Waals surface area (Å²) >= 11 is 5.94. The van der Waals surface area contributed by atoms with E-state index >= 15 is 0 Å². The van der Waals surface area contributed by atoms with Gasteiger partial charge in [0, 0.05) is 19.7 Å². The number of hydrogen-bond acceptors (Lipinski definition) is 5. The fourth-order valence-electron chi connectivity index (χ4n) is 2.17. The summed E-state index contributed by atoms with van der Waals surface area (Å²) in [6.07, 6.45) is 0. The smallest absolute Gasteiger partial charge is 0.338 e. The minimum Gasteiger partial charge on any atom is -0.454 e. The standard InChI is InChI=1S/C18H18ClNO5S/c1-12-8-9-13(26(23,24)20(2)3)10-15(12)18(22)25-11-17(21)14-6-4-5-7-16(14)19/h4-10H,11H2,1-3H3. The molecule has 0 saturated carbocycles. The lowest BCUT2D eigenvalue weighted by molar-refractivity contribution is 0.0473. The number of rotatable bonds is 6. The fourth-order valence-corrected chi connectivity index (χ4v) is 3.34. The summed E-state index contributed by atoms with van der Waals surface area (Å²) in [5.74, 6) is -1.22. The number of nitrogens with zero attached hydrogens (tertiary/aromatic N) is 1. The van der Waals surface area contributed by atoms with E-state index < -0.39 is 28.4 Å². The van der Waals surface area contributed by atoms with E-state index in [4.69, 9.17) is 16.3 Å². The van der Waals surface area contributed by atoms with Crippen LogP contribution < -0.4 is 0 Å². The van der Waals surface area contributed by atoms with Gasteiger partial charge in [-0.25, -0.2) is 17.5 Å². The Kier molecular flexibility index (Phi) is 6.17. The van der Waals surface area contributed by atoms with Crippen molar-refractivity contribution in [1.29, 1.82) is 0 Å². The summed E-state index contributed by atoms with van der Waals surface area (Å²) in [4.78, 5) is 24.4. The largest absolute Gasteiger partial charge is 0.454 e. The van der Waals surface area contributed by atoms with Crippen LogP contribution in [0.25, 0.3) is 0 Å². The predicted octanol–water partition coefficient (Wildman–Crippen LogP) is 2.94. The number of halogens is 1. The Labute approximate surface area is 157 Å². The third kappa shape index (κ3) is 4.30. The van der Waals surface area contributed by atoms with Crippen molar-refractivity contribution >= 4 is 33.4 Å². The zero-order chi connectivity index (χ0) is 19.5. The van der Waals surface area contributed by atoms with Crippen LogP contribution in [-0.2, 0) is 14.8 Å². The number of Topliss-reactive ketones (excluding diaryl/α,β-unsaturated/α-hetero) is 1. The molecule has 0 amide bonds. The van der Waals surface area contributed by atoms with Crippen molar-refractivity contribution in [3.63, 3.8) is 0 Å². The second-order valence-electron chi connectivity index (χ2n) is 5.74. The van der Waals surface area contributed by atoms with Gasteiger partial charge in [-0.15, -0.1) is 0 Å². The first-order valence-corrected chi connectivity index (χ1v) is 9.44. The first-order valence-electron chi connectivity index (χ1n) is 7.62. The molecule has 0 bridgehead atoms. The normalized spacial score (nSPS) is 11.4. The first kappa shape index (κ1) is 20.1. The summed E-state index contributed by atoms with van der Waals surface area (Å²) in [5, 5.41) is 0.267. The molecule has 2 aromatic carbocycles. The maximum absolute atomic E-state index is 12.3. The minimum atomic E-state index is -3.69. The number of aryl methyl sites for hydroxylation is 1. The summed E-state index contributed by atoms with van der Waals surface area (Å²) in [6, 6.07) is 10.6. The van der Waals surface area contributed by atoms with Crippen molar-refractivity contribution in [2.75, 3.05) is 20.7 Å². The van der Waals surface area contributed by atoms with E-state index in [1.165, 1.54) is 38.4 Å². The molecular weight excluding hydrogens is 378 g/mol. The molecule has 0 fully saturated rings. The Hall–Kier alpha value is -2.22. The minimum absolute atomic E-state index is 0.0301. The molecule has 8 heteroatoms. The summed E-state index contributed by atoms with van der Waals surface area (Å²) < 4.78 is 30.5. The molecule has 0 atom stereocenters. The summed E-state index contributed by atoms with van der Waals surface area (Å²) in [6.45, 7) is 1.16. The van der Waals surface area contributed by atoms with E-state index in [0.29, 0.717) is 5.56 Å². The molecule has 6 nitrogen and oxygen atoms in total. The molecule has 0 N–H and O–H groups in total. The third-order valence-electron chi connectivity index (χ3n) is 3.72. The molecule has 0 heterocycles. The highest BCUT2D eigenvalue weighted by Crippen LogP contribution is 2.20. The lowest BCUT2D eigenvalue weighted by atomic mass is 10.1. The second kappa shape index (κ2) is 7.99. The van der Waals surface area contributed by atoms with Gasteiger partial charge in [-0.3, -0.25) is 4.79 Å². The molecule has 0 saturated heterocycles. The molecule has 2 aromatic rings. The van der Waals surface area contributed by atoms with Crippen LogP contribution in [-0.4, -0.2) is 45.2 Å². The van der Waals surface area contributed by atoms with Crippen LogP contribution in [0.15, 0.2) is 47.4 Å². The molecule has 0 aromatic heterocycles. The van der Waals surface area contributed by atoms with Crippen molar-refractivity contribution in [2.24, 2.45) is 0 Å². The third-order valence-corrected chi connectivity index (χ3v) is 5.86. The van der Waals surface area contributed by atoms with E-state index in [9.17, 15) is 18.0 Å².